The molecule has 1 amide bonds. The van der Waals surface area contributed by atoms with Crippen LogP contribution in [0.2, 0.25) is 10.0 Å². The molecule has 0 radical (unpaired) electrons. The van der Waals surface area contributed by atoms with Gasteiger partial charge >= 0.3 is 0 Å². The van der Waals surface area contributed by atoms with Crippen LogP contribution in [0.4, 0.5) is 8.78 Å². The highest BCUT2D eigenvalue weighted by atomic mass is 35.5. The van der Waals surface area contributed by atoms with Crippen LogP contribution in [0, 0.1) is 17.6 Å². The van der Waals surface area contributed by atoms with Crippen LogP contribution in [0.3, 0.4) is 0 Å². The van der Waals surface area contributed by atoms with Crippen LogP contribution < -0.4 is 20.8 Å². The van der Waals surface area contributed by atoms with Crippen molar-refractivity contribution in [2.45, 2.75) is 56.7 Å². The highest BCUT2D eigenvalue weighted by Crippen LogP contribution is 2.37. The fraction of sp³-hybridized carbons (Fsp3) is 0.448. The van der Waals surface area contributed by atoms with E-state index in [0.717, 1.165) is 44.6 Å². The second-order valence-corrected chi connectivity index (χ2v) is 11.5. The van der Waals surface area contributed by atoms with Gasteiger partial charge in [-0.25, -0.2) is 8.78 Å². The Hall–Kier alpha value is -2.72. The maximum absolute atomic E-state index is 14.2. The first-order valence-corrected chi connectivity index (χ1v) is 14.3. The molecule has 214 valence electrons. The molecule has 2 aromatic carbocycles. The number of carbonyl (C=O) groups excluding carboxylic acids is 1. The molecule has 2 fully saturated rings. The van der Waals surface area contributed by atoms with Crippen LogP contribution in [0.1, 0.15) is 54.9 Å². The Kier molecular flexibility index (Phi) is 8.95. The molecule has 1 heterocycles. The van der Waals surface area contributed by atoms with Gasteiger partial charge in [0.15, 0.2) is 0 Å². The molecule has 3 N–H and O–H groups in total. The third kappa shape index (κ3) is 6.77. The van der Waals surface area contributed by atoms with Gasteiger partial charge in [0, 0.05) is 36.3 Å². The summed E-state index contributed by atoms with van der Waals surface area (Å²) in [5.74, 6) is -1.02. The lowest BCUT2D eigenvalue weighted by atomic mass is 9.86. The minimum atomic E-state index is -0.763. The molecule has 1 atom stereocenters. The van der Waals surface area contributed by atoms with Crippen LogP contribution in [-0.4, -0.2) is 47.4 Å². The highest BCUT2D eigenvalue weighted by molar-refractivity contribution is 6.31. The van der Waals surface area contributed by atoms with Crippen LogP contribution in [0.15, 0.2) is 41.3 Å². The van der Waals surface area contributed by atoms with E-state index in [2.05, 4.69) is 10.6 Å². The predicted molar refractivity (Wildman–Crippen MR) is 150 cm³/mol. The molecule has 2 aliphatic rings. The van der Waals surface area contributed by atoms with Crippen molar-refractivity contribution >= 4 is 40.0 Å². The van der Waals surface area contributed by atoms with Crippen molar-refractivity contribution in [3.05, 3.63) is 74.0 Å². The number of fused-ring (bicyclic) bond motifs is 1. The van der Waals surface area contributed by atoms with Crippen LogP contribution in [-0.2, 0) is 0 Å². The predicted octanol–water partition coefficient (Wildman–Crippen LogP) is 5.24. The molecule has 3 aromatic rings. The van der Waals surface area contributed by atoms with Gasteiger partial charge in [0.05, 0.1) is 15.6 Å². The quantitative estimate of drug-likeness (QED) is 0.299. The number of ether oxygens (including phenoxy) is 1. The molecule has 5 rings (SSSR count). The number of carbonyl (C=O) groups is 1. The summed E-state index contributed by atoms with van der Waals surface area (Å²) in [6, 6.07) is 6.81. The number of pyridine rings is 1. The summed E-state index contributed by atoms with van der Waals surface area (Å²) in [6.07, 6.45) is 5.96. The zero-order chi connectivity index (χ0) is 28.4. The lowest BCUT2D eigenvalue weighted by Crippen LogP contribution is -2.41. The third-order valence-corrected chi connectivity index (χ3v) is 8.18. The standard InChI is InChI=1S/C29H31Cl2F2N3O4/c30-23-8-7-20(9-25(23)32)40-15-19(37)13-34-12-16-1-3-17(4-2-16)35-29(39)22-14-36(18-5-6-18)27-11-24(31)26(33)10-21(27)28(22)38/h7-11,14,16-19,34,37H,1-6,12-13,15H2,(H,35,39)/t16-,17-,19?. The fourth-order valence-electron chi connectivity index (χ4n) is 5.21. The second kappa shape index (κ2) is 12.4. The van der Waals surface area contributed by atoms with Crippen molar-refractivity contribution < 1.29 is 23.4 Å². The van der Waals surface area contributed by atoms with Gasteiger partial charge in [-0.3, -0.25) is 9.59 Å². The number of aliphatic hydroxyl groups is 1. The number of nitrogens with zero attached hydrogens (tertiary/aromatic N) is 1. The first-order chi connectivity index (χ1) is 19.2. The number of aliphatic hydroxyl groups excluding tert-OH is 1. The lowest BCUT2D eigenvalue weighted by molar-refractivity contribution is 0.0916. The van der Waals surface area contributed by atoms with E-state index in [9.17, 15) is 23.5 Å². The van der Waals surface area contributed by atoms with Gasteiger partial charge in [0.2, 0.25) is 5.43 Å². The number of benzene rings is 2. The number of aromatic nitrogens is 1. The van der Waals surface area contributed by atoms with Crippen LogP contribution in [0.25, 0.3) is 10.9 Å². The summed E-state index contributed by atoms with van der Waals surface area (Å²) < 4.78 is 35.0. The largest absolute Gasteiger partial charge is 0.491 e. The topological polar surface area (TPSA) is 92.6 Å². The van der Waals surface area contributed by atoms with Gasteiger partial charge in [-0.1, -0.05) is 23.2 Å². The zero-order valence-corrected chi connectivity index (χ0v) is 23.3. The van der Waals surface area contributed by atoms with Crippen LogP contribution >= 0.6 is 23.2 Å². The maximum Gasteiger partial charge on any atom is 0.256 e. The Balaban J connectivity index is 1.09. The summed E-state index contributed by atoms with van der Waals surface area (Å²) in [7, 11) is 0. The smallest absolute Gasteiger partial charge is 0.256 e. The van der Waals surface area contributed by atoms with Gasteiger partial charge in [-0.2, -0.15) is 0 Å². The molecule has 0 saturated heterocycles. The molecule has 0 bridgehead atoms. The molecule has 0 spiro atoms. The molecule has 2 aliphatic carbocycles. The minimum absolute atomic E-state index is 0.0110. The Bertz CT molecular complexity index is 1460. The highest BCUT2D eigenvalue weighted by Gasteiger charge is 2.29. The SMILES string of the molecule is O=C(N[C@H]1CC[C@H](CNCC(O)COc2ccc(Cl)c(F)c2)CC1)c1cn(C2CC2)c2cc(Cl)c(F)cc2c1=O. The number of hydrogen-bond acceptors (Lipinski definition) is 5. The van der Waals surface area contributed by atoms with Crippen LogP contribution in [0.5, 0.6) is 5.75 Å². The Labute approximate surface area is 240 Å². The molecule has 1 unspecified atom stereocenters. The van der Waals surface area contributed by atoms with E-state index < -0.39 is 29.1 Å². The van der Waals surface area contributed by atoms with Crippen molar-refractivity contribution in [1.29, 1.82) is 0 Å². The molecule has 7 nitrogen and oxygen atoms in total. The van der Waals surface area contributed by atoms with E-state index in [-0.39, 0.29) is 39.7 Å². The van der Waals surface area contributed by atoms with Gasteiger partial charge in [0.1, 0.15) is 35.7 Å². The summed E-state index contributed by atoms with van der Waals surface area (Å²) >= 11 is 11.6. The van der Waals surface area contributed by atoms with E-state index in [1.54, 1.807) is 12.3 Å². The van der Waals surface area contributed by atoms with E-state index in [0.29, 0.717) is 30.3 Å². The molecular weight excluding hydrogens is 563 g/mol. The summed E-state index contributed by atoms with van der Waals surface area (Å²) in [5.41, 5.74) is 0.0584. The van der Waals surface area contributed by atoms with E-state index >= 15 is 0 Å². The van der Waals surface area contributed by atoms with Gasteiger partial charge in [-0.05, 0) is 75.3 Å². The molecule has 0 aliphatic heterocycles. The monoisotopic (exact) mass is 593 g/mol. The fourth-order valence-corrected chi connectivity index (χ4v) is 5.48. The normalized spacial score (nSPS) is 19.9. The second-order valence-electron chi connectivity index (χ2n) is 10.7. The number of amides is 1. The van der Waals surface area contributed by atoms with E-state index in [4.69, 9.17) is 27.9 Å². The third-order valence-electron chi connectivity index (χ3n) is 7.59. The number of rotatable bonds is 10. The van der Waals surface area contributed by atoms with Gasteiger partial charge < -0.3 is 25.0 Å². The van der Waals surface area contributed by atoms with Gasteiger partial charge in [0.25, 0.3) is 5.91 Å². The Morgan fingerprint density at radius 1 is 1.05 bits per heavy atom. The average Bonchev–Trinajstić information content (AvgIpc) is 3.77. The first-order valence-electron chi connectivity index (χ1n) is 13.5. The lowest BCUT2D eigenvalue weighted by Gasteiger charge is -2.29. The zero-order valence-electron chi connectivity index (χ0n) is 21.8. The molecule has 11 heteroatoms. The molecule has 1 aromatic heterocycles. The summed E-state index contributed by atoms with van der Waals surface area (Å²) in [6.45, 7) is 1.05. The van der Waals surface area contributed by atoms with Crippen molar-refractivity contribution in [2.24, 2.45) is 5.92 Å². The minimum Gasteiger partial charge on any atom is -0.491 e. The number of nitrogens with one attached hydrogen (secondary N) is 2. The Morgan fingerprint density at radius 2 is 1.77 bits per heavy atom. The first kappa shape index (κ1) is 28.8. The Morgan fingerprint density at radius 3 is 2.48 bits per heavy atom. The van der Waals surface area contributed by atoms with E-state index in [1.165, 1.54) is 18.2 Å². The van der Waals surface area contributed by atoms with Crippen molar-refractivity contribution in [3.8, 4) is 5.75 Å². The average molecular weight is 594 g/mol. The number of halogens is 4. The molecular formula is C29H31Cl2F2N3O4. The summed E-state index contributed by atoms with van der Waals surface area (Å²) in [4.78, 5) is 26.2. The summed E-state index contributed by atoms with van der Waals surface area (Å²) in [5, 5.41) is 16.5. The van der Waals surface area contributed by atoms with Crippen molar-refractivity contribution in [1.82, 2.24) is 15.2 Å². The number of hydrogen-bond donors (Lipinski definition) is 3. The van der Waals surface area contributed by atoms with Gasteiger partial charge in [-0.15, -0.1) is 0 Å². The molecule has 2 saturated carbocycles. The molecule has 40 heavy (non-hydrogen) atoms. The van der Waals surface area contributed by atoms with E-state index in [1.807, 2.05) is 4.57 Å². The van der Waals surface area contributed by atoms with Crippen molar-refractivity contribution in [3.63, 3.8) is 0 Å². The van der Waals surface area contributed by atoms with Crippen molar-refractivity contribution in [2.75, 3.05) is 19.7 Å². The maximum atomic E-state index is 14.2.